The van der Waals surface area contributed by atoms with Gasteiger partial charge in [0.1, 0.15) is 11.5 Å². The molecule has 1 rings (SSSR count). The van der Waals surface area contributed by atoms with Gasteiger partial charge in [-0.3, -0.25) is 4.79 Å². The van der Waals surface area contributed by atoms with Gasteiger partial charge in [-0.1, -0.05) is 38.8 Å². The van der Waals surface area contributed by atoms with Crippen LogP contribution in [0.25, 0.3) is 0 Å². The topological polar surface area (TPSA) is 54.9 Å². The third-order valence-electron chi connectivity index (χ3n) is 2.31. The van der Waals surface area contributed by atoms with E-state index in [1.54, 1.807) is 0 Å². The summed E-state index contributed by atoms with van der Waals surface area (Å²) in [5, 5.41) is 3.09. The third-order valence-corrected chi connectivity index (χ3v) is 2.59. The van der Waals surface area contributed by atoms with E-state index in [9.17, 15) is 4.79 Å². The van der Waals surface area contributed by atoms with Crippen molar-refractivity contribution >= 4 is 17.5 Å². The van der Waals surface area contributed by atoms with Crippen LogP contribution in [-0.4, -0.2) is 22.4 Å². The van der Waals surface area contributed by atoms with E-state index < -0.39 is 0 Å². The Morgan fingerprint density at radius 1 is 1.53 bits per heavy atom. The second-order valence-electron chi connectivity index (χ2n) is 4.19. The minimum absolute atomic E-state index is 0.175. The molecule has 0 aliphatic rings. The molecule has 0 aliphatic carbocycles. The molecule has 5 heteroatoms. The highest BCUT2D eigenvalue weighted by atomic mass is 35.5. The summed E-state index contributed by atoms with van der Waals surface area (Å²) in [4.78, 5) is 20.1. The molecular weight excluding hydrogens is 238 g/mol. The van der Waals surface area contributed by atoms with Gasteiger partial charge < -0.3 is 5.32 Å². The number of aromatic nitrogens is 2. The average Bonchev–Trinajstić information content (AvgIpc) is 2.29. The van der Waals surface area contributed by atoms with Crippen LogP contribution in [0.4, 0.5) is 0 Å². The predicted molar refractivity (Wildman–Crippen MR) is 68.4 cm³/mol. The zero-order chi connectivity index (χ0) is 12.8. The Labute approximate surface area is 107 Å². The average molecular weight is 256 g/mol. The van der Waals surface area contributed by atoms with E-state index >= 15 is 0 Å². The van der Waals surface area contributed by atoms with Crippen molar-refractivity contribution in [3.05, 3.63) is 22.7 Å². The number of nitrogens with one attached hydrogen (secondary N) is 1. The second-order valence-corrected chi connectivity index (χ2v) is 4.60. The minimum Gasteiger partial charge on any atom is -0.351 e. The van der Waals surface area contributed by atoms with Gasteiger partial charge in [0.15, 0.2) is 0 Å². The fourth-order valence-corrected chi connectivity index (χ4v) is 1.46. The summed E-state index contributed by atoms with van der Waals surface area (Å²) in [6.45, 7) is 6.66. The molecule has 0 bridgehead atoms. The van der Waals surface area contributed by atoms with E-state index in [4.69, 9.17) is 11.6 Å². The summed E-state index contributed by atoms with van der Waals surface area (Å²) in [6, 6.07) is 0. The van der Waals surface area contributed by atoms with Crippen LogP contribution < -0.4 is 5.32 Å². The summed E-state index contributed by atoms with van der Waals surface area (Å²) >= 11 is 5.92. The Morgan fingerprint density at radius 2 is 2.24 bits per heavy atom. The molecule has 1 heterocycles. The van der Waals surface area contributed by atoms with Gasteiger partial charge in [0.2, 0.25) is 0 Å². The highest BCUT2D eigenvalue weighted by Gasteiger charge is 2.14. The molecule has 0 aromatic carbocycles. The van der Waals surface area contributed by atoms with Gasteiger partial charge in [0.25, 0.3) is 5.91 Å². The van der Waals surface area contributed by atoms with Crippen LogP contribution in [0.1, 0.15) is 55.8 Å². The maximum atomic E-state index is 11.8. The fourth-order valence-electron chi connectivity index (χ4n) is 1.28. The lowest BCUT2D eigenvalue weighted by Crippen LogP contribution is -2.26. The zero-order valence-corrected chi connectivity index (χ0v) is 11.2. The molecule has 1 N–H and O–H groups in total. The summed E-state index contributed by atoms with van der Waals surface area (Å²) in [5.41, 5.74) is 0.265. The van der Waals surface area contributed by atoms with Crippen molar-refractivity contribution in [3.8, 4) is 0 Å². The van der Waals surface area contributed by atoms with Crippen LogP contribution in [0.2, 0.25) is 5.02 Å². The van der Waals surface area contributed by atoms with Gasteiger partial charge in [-0.15, -0.1) is 0 Å². The molecule has 4 nitrogen and oxygen atoms in total. The van der Waals surface area contributed by atoms with Gasteiger partial charge in [-0.2, -0.15) is 0 Å². The molecule has 0 spiro atoms. The van der Waals surface area contributed by atoms with Crippen molar-refractivity contribution in [3.63, 3.8) is 0 Å². The van der Waals surface area contributed by atoms with Crippen LogP contribution in [0.15, 0.2) is 6.20 Å². The highest BCUT2D eigenvalue weighted by Crippen LogP contribution is 2.16. The maximum Gasteiger partial charge on any atom is 0.271 e. The number of carbonyl (C=O) groups excluding carboxylic acids is 1. The summed E-state index contributed by atoms with van der Waals surface area (Å²) in [6.07, 6.45) is 3.47. The Bertz CT molecular complexity index is 393. The molecule has 0 saturated heterocycles. The normalized spacial score (nSPS) is 10.6. The lowest BCUT2D eigenvalue weighted by Gasteiger charge is -2.08. The summed E-state index contributed by atoms with van der Waals surface area (Å²) in [5.74, 6) is 0.581. The molecule has 0 unspecified atom stereocenters. The van der Waals surface area contributed by atoms with Crippen LogP contribution in [0, 0.1) is 0 Å². The van der Waals surface area contributed by atoms with Crippen LogP contribution >= 0.6 is 11.6 Å². The largest absolute Gasteiger partial charge is 0.351 e. The first-order valence-electron chi connectivity index (χ1n) is 5.86. The molecule has 0 aliphatic heterocycles. The third kappa shape index (κ3) is 3.97. The van der Waals surface area contributed by atoms with Gasteiger partial charge in [-0.05, 0) is 6.42 Å². The number of hydrogen-bond donors (Lipinski definition) is 1. The van der Waals surface area contributed by atoms with E-state index in [2.05, 4.69) is 22.2 Å². The van der Waals surface area contributed by atoms with Crippen molar-refractivity contribution in [1.82, 2.24) is 15.3 Å². The number of nitrogens with zero attached hydrogens (tertiary/aromatic N) is 2. The molecule has 1 aromatic heterocycles. The lowest BCUT2D eigenvalue weighted by molar-refractivity contribution is 0.0948. The Balaban J connectivity index is 2.81. The Hall–Kier alpha value is -1.16. The second kappa shape index (κ2) is 6.55. The molecule has 17 heavy (non-hydrogen) atoms. The standard InChI is InChI=1S/C12H18ClN3O/c1-4-5-6-14-12(17)10-9(13)7-15-11(16-10)8(2)3/h7-8H,4-6H2,1-3H3,(H,14,17). The van der Waals surface area contributed by atoms with Gasteiger partial charge in [-0.25, -0.2) is 9.97 Å². The SMILES string of the molecule is CCCCNC(=O)c1nc(C(C)C)ncc1Cl. The van der Waals surface area contributed by atoms with E-state index in [1.807, 2.05) is 13.8 Å². The maximum absolute atomic E-state index is 11.8. The first kappa shape index (κ1) is 13.9. The zero-order valence-electron chi connectivity index (χ0n) is 10.5. The summed E-state index contributed by atoms with van der Waals surface area (Å²) < 4.78 is 0. The van der Waals surface area contributed by atoms with Gasteiger partial charge in [0, 0.05) is 12.5 Å². The molecular formula is C12H18ClN3O. The van der Waals surface area contributed by atoms with E-state index in [-0.39, 0.29) is 17.5 Å². The molecule has 0 radical (unpaired) electrons. The summed E-state index contributed by atoms with van der Waals surface area (Å²) in [7, 11) is 0. The van der Waals surface area contributed by atoms with Gasteiger partial charge in [0.05, 0.1) is 11.2 Å². The highest BCUT2D eigenvalue weighted by molar-refractivity contribution is 6.33. The number of amides is 1. The van der Waals surface area contributed by atoms with Crippen molar-refractivity contribution in [2.24, 2.45) is 0 Å². The van der Waals surface area contributed by atoms with Gasteiger partial charge >= 0.3 is 0 Å². The van der Waals surface area contributed by atoms with Crippen molar-refractivity contribution < 1.29 is 4.79 Å². The first-order valence-corrected chi connectivity index (χ1v) is 6.24. The van der Waals surface area contributed by atoms with Crippen molar-refractivity contribution in [2.75, 3.05) is 6.54 Å². The van der Waals surface area contributed by atoms with Crippen LogP contribution in [0.5, 0.6) is 0 Å². The van der Waals surface area contributed by atoms with E-state index in [0.29, 0.717) is 17.4 Å². The number of carbonyl (C=O) groups is 1. The Morgan fingerprint density at radius 3 is 2.82 bits per heavy atom. The van der Waals surface area contributed by atoms with E-state index in [0.717, 1.165) is 12.8 Å². The van der Waals surface area contributed by atoms with Crippen LogP contribution in [0.3, 0.4) is 0 Å². The number of halogens is 1. The number of unbranched alkanes of at least 4 members (excludes halogenated alkanes) is 1. The quantitative estimate of drug-likeness (QED) is 0.823. The molecule has 0 atom stereocenters. The lowest BCUT2D eigenvalue weighted by atomic mass is 10.2. The molecule has 0 saturated carbocycles. The smallest absolute Gasteiger partial charge is 0.271 e. The fraction of sp³-hybridized carbons (Fsp3) is 0.583. The van der Waals surface area contributed by atoms with Crippen LogP contribution in [-0.2, 0) is 0 Å². The first-order chi connectivity index (χ1) is 8.06. The van der Waals surface area contributed by atoms with Crippen molar-refractivity contribution in [1.29, 1.82) is 0 Å². The minimum atomic E-state index is -0.229. The molecule has 94 valence electrons. The molecule has 1 amide bonds. The Kier molecular flexibility index (Phi) is 5.35. The molecule has 1 aromatic rings. The van der Waals surface area contributed by atoms with E-state index in [1.165, 1.54) is 6.20 Å². The number of rotatable bonds is 5. The monoisotopic (exact) mass is 255 g/mol. The van der Waals surface area contributed by atoms with Crippen molar-refractivity contribution in [2.45, 2.75) is 39.5 Å². The predicted octanol–water partition coefficient (Wildman–Crippen LogP) is 2.78. The molecule has 0 fully saturated rings. The number of hydrogen-bond acceptors (Lipinski definition) is 3.